The second-order valence-corrected chi connectivity index (χ2v) is 14.2. The average molecular weight is 1150 g/mol. The Bertz CT molecular complexity index is 2080. The Kier molecular flexibility index (Phi) is 26.5. The van der Waals surface area contributed by atoms with Crippen LogP contribution in [0.15, 0.2) is 170 Å². The van der Waals surface area contributed by atoms with Crippen molar-refractivity contribution in [2.75, 3.05) is 0 Å². The number of halogens is 8. The topological polar surface area (TPSA) is 107 Å². The Morgan fingerprint density at radius 3 is 0.787 bits per heavy atom. The molecule has 61 heavy (non-hydrogen) atoms. The molecular formula is C43H28Br4F4K2O8. The van der Waals surface area contributed by atoms with Crippen LogP contribution in [0, 0.1) is 23.3 Å². The number of ether oxygens (including phenoxy) is 4. The van der Waals surface area contributed by atoms with Crippen LogP contribution in [-0.4, -0.2) is 11.6 Å². The first-order chi connectivity index (χ1) is 28.5. The van der Waals surface area contributed by atoms with E-state index in [1.54, 1.807) is 24.3 Å². The van der Waals surface area contributed by atoms with E-state index in [1.165, 1.54) is 0 Å². The van der Waals surface area contributed by atoms with Crippen molar-refractivity contribution in [3.8, 4) is 51.7 Å². The molecule has 0 spiro atoms. The standard InChI is InChI=1S/C30H20Br2O4.C6Br2F4.C6H6O.CH2O3.2K.H/c31-25-27(33-21-13-5-1-6-14-21)28(34-22-15-7-2-8-16-22)26(32)30(36-24-19-11-4-12-20-24)29(25)35-23-17-9-3-10-18-23;7-1-3(9)5(11)2(8)6(12)4(1)10;7-6-4-2-1-3-5-6;2-1-4-3;;;/h1-20H;;1-5,7H;1,3H;;;/q;;;;2*+1;-1/p-1. The number of rotatable bonds is 9. The molecule has 0 unspecified atom stereocenters. The van der Waals surface area contributed by atoms with Gasteiger partial charge in [0.25, 0.3) is 6.47 Å². The van der Waals surface area contributed by atoms with Gasteiger partial charge in [0.15, 0.2) is 46.3 Å². The zero-order valence-corrected chi connectivity index (χ0v) is 44.4. The van der Waals surface area contributed by atoms with Crippen LogP contribution in [0.4, 0.5) is 17.6 Å². The minimum Gasteiger partial charge on any atom is -1.00 e. The third kappa shape index (κ3) is 17.1. The molecule has 0 heterocycles. The molecule has 0 aliphatic rings. The molecule has 7 aromatic rings. The molecule has 0 aliphatic heterocycles. The van der Waals surface area contributed by atoms with E-state index in [4.69, 9.17) is 34.1 Å². The van der Waals surface area contributed by atoms with Gasteiger partial charge in [-0.2, -0.15) is 0 Å². The van der Waals surface area contributed by atoms with E-state index in [0.29, 0.717) is 60.7 Å². The van der Waals surface area contributed by atoms with Crippen LogP contribution in [0.3, 0.4) is 0 Å². The van der Waals surface area contributed by atoms with E-state index < -0.39 is 32.2 Å². The van der Waals surface area contributed by atoms with E-state index >= 15 is 0 Å². The summed E-state index contributed by atoms with van der Waals surface area (Å²) in [6.45, 7) is -0.181. The van der Waals surface area contributed by atoms with Crippen LogP contribution < -0.4 is 127 Å². The molecular weight excluding hydrogens is 1120 g/mol. The summed E-state index contributed by atoms with van der Waals surface area (Å²) >= 11 is 12.2. The van der Waals surface area contributed by atoms with Crippen LogP contribution in [0.1, 0.15) is 1.43 Å². The van der Waals surface area contributed by atoms with Crippen molar-refractivity contribution in [3.05, 3.63) is 193 Å². The van der Waals surface area contributed by atoms with Gasteiger partial charge in [-0.15, -0.1) is 0 Å². The molecule has 7 aromatic carbocycles. The number of carbonyl (C=O) groups excluding carboxylic acids is 1. The third-order valence-electron chi connectivity index (χ3n) is 7.01. The summed E-state index contributed by atoms with van der Waals surface area (Å²) in [6, 6.07) is 46.7. The molecule has 0 saturated heterocycles. The summed E-state index contributed by atoms with van der Waals surface area (Å²) in [6.07, 6.45) is 0. The number of aromatic hydroxyl groups is 1. The van der Waals surface area contributed by atoms with Crippen molar-refractivity contribution >= 4 is 70.2 Å². The maximum Gasteiger partial charge on any atom is 1.00 e. The first-order valence-electron chi connectivity index (χ1n) is 16.6. The molecule has 0 bridgehead atoms. The van der Waals surface area contributed by atoms with Gasteiger partial charge in [-0.05, 0) is 124 Å². The van der Waals surface area contributed by atoms with Gasteiger partial charge < -0.3 is 35.6 Å². The number of hydrogen-bond acceptors (Lipinski definition) is 8. The number of hydrogen-bond donors (Lipinski definition) is 1. The molecule has 0 aromatic heterocycles. The Morgan fingerprint density at radius 1 is 0.426 bits per heavy atom. The van der Waals surface area contributed by atoms with E-state index in [2.05, 4.69) is 68.6 Å². The number of benzene rings is 7. The van der Waals surface area contributed by atoms with Crippen LogP contribution >= 0.6 is 63.7 Å². The Labute approximate surface area is 468 Å². The summed E-state index contributed by atoms with van der Waals surface area (Å²) < 4.78 is 75.0. The van der Waals surface area contributed by atoms with Gasteiger partial charge in [0.2, 0.25) is 0 Å². The van der Waals surface area contributed by atoms with Crippen LogP contribution in [0.5, 0.6) is 51.7 Å². The minimum atomic E-state index is -1.46. The van der Waals surface area contributed by atoms with Gasteiger partial charge in [0, 0.05) is 0 Å². The van der Waals surface area contributed by atoms with E-state index in [9.17, 15) is 17.6 Å². The zero-order valence-electron chi connectivity index (χ0n) is 32.8. The maximum absolute atomic E-state index is 12.6. The summed E-state index contributed by atoms with van der Waals surface area (Å²) in [5.41, 5.74) is 0. The zero-order chi connectivity index (χ0) is 42.7. The molecule has 0 radical (unpaired) electrons. The second kappa shape index (κ2) is 29.3. The third-order valence-corrected chi connectivity index (χ3v) is 9.85. The molecule has 7 rings (SSSR count). The number of para-hydroxylation sites is 5. The monoisotopic (exact) mass is 1140 g/mol. The Balaban J connectivity index is 0.000000607. The SMILES string of the molecule is Brc1c(Oc2ccccc2)c(Oc2ccccc2)c(Br)c(Oc2ccccc2)c1Oc1ccccc1.Fc1c(F)c(Br)c(F)c(F)c1Br.O=CO[O-].Oc1ccccc1.[H-].[K+].[K+]. The van der Waals surface area contributed by atoms with Crippen molar-refractivity contribution in [2.45, 2.75) is 0 Å². The molecule has 8 nitrogen and oxygen atoms in total. The average Bonchev–Trinajstić information content (AvgIpc) is 3.28. The van der Waals surface area contributed by atoms with Gasteiger partial charge in [0.05, 0.1) is 8.95 Å². The number of phenolic OH excluding ortho intramolecular Hbond substituents is 1. The molecule has 18 heteroatoms. The quantitative estimate of drug-likeness (QED) is 0.0295. The van der Waals surface area contributed by atoms with Crippen molar-refractivity contribution in [3.63, 3.8) is 0 Å². The van der Waals surface area contributed by atoms with E-state index in [1.807, 2.05) is 127 Å². The maximum atomic E-state index is 12.6. The largest absolute Gasteiger partial charge is 1.00 e. The number of carbonyl (C=O) groups is 1. The second-order valence-electron chi connectivity index (χ2n) is 11.0. The van der Waals surface area contributed by atoms with Crippen molar-refractivity contribution in [1.29, 1.82) is 0 Å². The van der Waals surface area contributed by atoms with E-state index in [-0.39, 0.29) is 111 Å². The summed E-state index contributed by atoms with van der Waals surface area (Å²) in [5.74, 6) is -1.20. The first-order valence-corrected chi connectivity index (χ1v) is 19.7. The molecule has 0 amide bonds. The van der Waals surface area contributed by atoms with Crippen LogP contribution in [0.2, 0.25) is 0 Å². The van der Waals surface area contributed by atoms with Crippen LogP contribution in [0.25, 0.3) is 0 Å². The molecule has 0 aliphatic carbocycles. The van der Waals surface area contributed by atoms with Crippen molar-refractivity contribution < 1.29 is 161 Å². The molecule has 0 atom stereocenters. The summed E-state index contributed by atoms with van der Waals surface area (Å²) in [7, 11) is 0. The Morgan fingerprint density at radius 2 is 0.623 bits per heavy atom. The predicted molar refractivity (Wildman–Crippen MR) is 226 cm³/mol. The molecule has 0 fully saturated rings. The normalized spacial score (nSPS) is 9.59. The van der Waals surface area contributed by atoms with Gasteiger partial charge in [-0.1, -0.05) is 91.0 Å². The molecule has 0 saturated carbocycles. The predicted octanol–water partition coefficient (Wildman–Crippen LogP) is 8.10. The smallest absolute Gasteiger partial charge is 1.00 e. The summed E-state index contributed by atoms with van der Waals surface area (Å²) in [5, 5.41) is 17.1. The fraction of sp³-hybridized carbons (Fsp3) is 0. The van der Waals surface area contributed by atoms with Crippen LogP contribution in [-0.2, 0) is 9.68 Å². The van der Waals surface area contributed by atoms with E-state index in [0.717, 1.165) is 0 Å². The fourth-order valence-corrected chi connectivity index (χ4v) is 6.14. The minimum absolute atomic E-state index is 0. The molecule has 306 valence electrons. The van der Waals surface area contributed by atoms with Gasteiger partial charge in [-0.3, -0.25) is 4.79 Å². The Hall–Kier alpha value is -2.12. The molecule has 1 N–H and O–H groups in total. The van der Waals surface area contributed by atoms with Gasteiger partial charge >= 0.3 is 103 Å². The fourth-order valence-electron chi connectivity index (χ4n) is 4.40. The first kappa shape index (κ1) is 55.0. The van der Waals surface area contributed by atoms with Crippen molar-refractivity contribution in [2.24, 2.45) is 0 Å². The van der Waals surface area contributed by atoms with Crippen molar-refractivity contribution in [1.82, 2.24) is 0 Å². The summed E-state index contributed by atoms with van der Waals surface area (Å²) in [4.78, 5) is 11.2. The van der Waals surface area contributed by atoms with Gasteiger partial charge in [0.1, 0.15) is 37.7 Å². The van der Waals surface area contributed by atoms with Gasteiger partial charge in [-0.25, -0.2) is 17.6 Å². The number of phenols is 1.